The highest BCUT2D eigenvalue weighted by atomic mass is 16.7. The summed E-state index contributed by atoms with van der Waals surface area (Å²) in [5, 5.41) is 22.7. The van der Waals surface area contributed by atoms with Crippen LogP contribution in [0.5, 0.6) is 0 Å². The Labute approximate surface area is 221 Å². The molecule has 1 saturated heterocycles. The molecule has 6 aliphatic rings. The van der Waals surface area contributed by atoms with E-state index >= 15 is 0 Å². The van der Waals surface area contributed by atoms with Crippen molar-refractivity contribution in [3.05, 3.63) is 11.6 Å². The molecular weight excluding hydrogens is 472 g/mol. The summed E-state index contributed by atoms with van der Waals surface area (Å²) in [5.74, 6) is 1.45. The van der Waals surface area contributed by atoms with Gasteiger partial charge in [0.15, 0.2) is 6.29 Å². The van der Waals surface area contributed by atoms with Crippen LogP contribution in [0, 0.1) is 34.5 Å². The zero-order valence-electron chi connectivity index (χ0n) is 23.0. The number of carbonyl (C=O) groups excluding carboxylic acids is 1. The Morgan fingerprint density at radius 2 is 1.84 bits per heavy atom. The maximum atomic E-state index is 12.4. The van der Waals surface area contributed by atoms with E-state index in [1.54, 1.807) is 13.2 Å². The number of esters is 1. The van der Waals surface area contributed by atoms with Crippen LogP contribution in [0.2, 0.25) is 0 Å². The van der Waals surface area contributed by atoms with Crippen LogP contribution in [0.25, 0.3) is 0 Å². The van der Waals surface area contributed by atoms with E-state index in [9.17, 15) is 15.0 Å². The molecule has 7 nitrogen and oxygen atoms in total. The summed E-state index contributed by atoms with van der Waals surface area (Å²) in [6, 6.07) is 0. The van der Waals surface area contributed by atoms with Crippen LogP contribution in [0.4, 0.5) is 0 Å². The summed E-state index contributed by atoms with van der Waals surface area (Å²) < 4.78 is 23.2. The van der Waals surface area contributed by atoms with Gasteiger partial charge >= 0.3 is 5.97 Å². The van der Waals surface area contributed by atoms with Crippen LogP contribution in [-0.4, -0.2) is 66.2 Å². The van der Waals surface area contributed by atoms with Gasteiger partial charge in [-0.25, -0.2) is 4.79 Å². The molecule has 0 radical (unpaired) electrons. The van der Waals surface area contributed by atoms with Crippen molar-refractivity contribution in [2.24, 2.45) is 34.5 Å². The van der Waals surface area contributed by atoms with Crippen LogP contribution in [0.3, 0.4) is 0 Å². The summed E-state index contributed by atoms with van der Waals surface area (Å²) in [6.45, 7) is 7.07. The normalized spacial score (nSPS) is 53.6. The highest BCUT2D eigenvalue weighted by molar-refractivity contribution is 5.85. The second-order valence-corrected chi connectivity index (χ2v) is 13.6. The van der Waals surface area contributed by atoms with Gasteiger partial charge in [0.2, 0.25) is 0 Å². The van der Waals surface area contributed by atoms with E-state index in [4.69, 9.17) is 18.9 Å². The Hall–Kier alpha value is -0.990. The fraction of sp³-hybridized carbons (Fsp3) is 0.900. The van der Waals surface area contributed by atoms with Crippen molar-refractivity contribution >= 4 is 5.97 Å². The molecule has 0 aromatic heterocycles. The first kappa shape index (κ1) is 26.2. The van der Waals surface area contributed by atoms with Crippen LogP contribution in [-0.2, 0) is 23.7 Å². The van der Waals surface area contributed by atoms with Gasteiger partial charge in [0.1, 0.15) is 12.7 Å². The predicted octanol–water partition coefficient (Wildman–Crippen LogP) is 4.14. The molecule has 2 N–H and O–H groups in total. The van der Waals surface area contributed by atoms with Crippen LogP contribution in [0.1, 0.15) is 85.0 Å². The van der Waals surface area contributed by atoms with E-state index in [1.165, 1.54) is 0 Å². The first-order chi connectivity index (χ1) is 17.6. The van der Waals surface area contributed by atoms with Crippen molar-refractivity contribution < 1.29 is 34.0 Å². The van der Waals surface area contributed by atoms with Gasteiger partial charge in [0.25, 0.3) is 0 Å². The minimum Gasteiger partial charge on any atom is -0.458 e. The largest absolute Gasteiger partial charge is 0.458 e. The lowest BCUT2D eigenvalue weighted by atomic mass is 9.43. The molecule has 0 amide bonds. The maximum Gasteiger partial charge on any atom is 0.331 e. The minimum atomic E-state index is -0.670. The minimum absolute atomic E-state index is 0.166. The Morgan fingerprint density at radius 1 is 1.03 bits per heavy atom. The Balaban J connectivity index is 1.15. The summed E-state index contributed by atoms with van der Waals surface area (Å²) in [5.41, 5.74) is 0.461. The molecule has 2 aliphatic heterocycles. The van der Waals surface area contributed by atoms with Crippen molar-refractivity contribution in [1.29, 1.82) is 0 Å². The number of hydrogen-bond acceptors (Lipinski definition) is 7. The number of ether oxygens (including phenoxy) is 4. The van der Waals surface area contributed by atoms with E-state index in [0.29, 0.717) is 30.8 Å². The van der Waals surface area contributed by atoms with Crippen molar-refractivity contribution in [3.8, 4) is 0 Å². The number of rotatable bonds is 4. The third-order valence-corrected chi connectivity index (χ3v) is 12.2. The van der Waals surface area contributed by atoms with E-state index in [2.05, 4.69) is 13.8 Å². The summed E-state index contributed by atoms with van der Waals surface area (Å²) in [6.07, 6.45) is 10.2. The summed E-state index contributed by atoms with van der Waals surface area (Å²) >= 11 is 0. The fourth-order valence-electron chi connectivity index (χ4n) is 10.0. The topological polar surface area (TPSA) is 94.5 Å². The predicted molar refractivity (Wildman–Crippen MR) is 136 cm³/mol. The van der Waals surface area contributed by atoms with Gasteiger partial charge in [-0.15, -0.1) is 0 Å². The maximum absolute atomic E-state index is 12.4. The number of aliphatic hydroxyl groups is 2. The molecule has 4 aliphatic carbocycles. The van der Waals surface area contributed by atoms with Crippen molar-refractivity contribution in [3.63, 3.8) is 0 Å². The molecule has 2 heterocycles. The molecule has 4 unspecified atom stereocenters. The average molecular weight is 519 g/mol. The smallest absolute Gasteiger partial charge is 0.331 e. The first-order valence-corrected chi connectivity index (χ1v) is 14.7. The molecule has 37 heavy (non-hydrogen) atoms. The molecule has 208 valence electrons. The number of methoxy groups -OCH3 is 1. The zero-order chi connectivity index (χ0) is 26.2. The lowest BCUT2D eigenvalue weighted by Gasteiger charge is -2.64. The van der Waals surface area contributed by atoms with Gasteiger partial charge in [-0.05, 0) is 99.4 Å². The van der Waals surface area contributed by atoms with Gasteiger partial charge in [-0.1, -0.05) is 13.8 Å². The monoisotopic (exact) mass is 518 g/mol. The molecule has 0 aromatic carbocycles. The third-order valence-electron chi connectivity index (χ3n) is 12.2. The quantitative estimate of drug-likeness (QED) is 0.427. The molecular formula is C30H46O7. The number of carbonyl (C=O) groups is 1. The van der Waals surface area contributed by atoms with E-state index in [-0.39, 0.29) is 47.3 Å². The molecule has 6 rings (SSSR count). The highest BCUT2D eigenvalue weighted by Crippen LogP contribution is 2.70. The number of fused-ring (bicyclic) bond motifs is 5. The second-order valence-electron chi connectivity index (χ2n) is 13.6. The Morgan fingerprint density at radius 3 is 2.57 bits per heavy atom. The molecule has 0 bridgehead atoms. The van der Waals surface area contributed by atoms with Crippen LogP contribution < -0.4 is 0 Å². The SMILES string of the molecule is COC1C[C@@H](O[C@H]2CC[C@]3(C)C4CC[C@]5(C)[C@@H](C6=CC(=O)OC6)CC[C@]5(O)C4CC[C@@H]3C2)OC(C)[C@H]1O. The average Bonchev–Trinajstić information content (AvgIpc) is 3.41. The number of aliphatic hydroxyl groups excluding tert-OH is 1. The molecule has 4 saturated carbocycles. The second kappa shape index (κ2) is 9.29. The summed E-state index contributed by atoms with van der Waals surface area (Å²) in [7, 11) is 1.64. The van der Waals surface area contributed by atoms with Gasteiger partial charge < -0.3 is 29.2 Å². The first-order valence-electron chi connectivity index (χ1n) is 14.7. The summed E-state index contributed by atoms with van der Waals surface area (Å²) in [4.78, 5) is 11.8. The van der Waals surface area contributed by atoms with Crippen LogP contribution >= 0.6 is 0 Å². The molecule has 5 fully saturated rings. The third kappa shape index (κ3) is 3.97. The lowest BCUT2D eigenvalue weighted by molar-refractivity contribution is -0.273. The molecule has 12 atom stereocenters. The number of hydrogen-bond donors (Lipinski definition) is 2. The highest BCUT2D eigenvalue weighted by Gasteiger charge is 2.67. The molecule has 0 spiro atoms. The van der Waals surface area contributed by atoms with Crippen molar-refractivity contribution in [1.82, 2.24) is 0 Å². The van der Waals surface area contributed by atoms with Crippen LogP contribution in [0.15, 0.2) is 11.6 Å². The van der Waals surface area contributed by atoms with Gasteiger partial charge in [0.05, 0.1) is 23.9 Å². The molecule has 7 heteroatoms. The molecule has 0 aromatic rings. The van der Waals surface area contributed by atoms with E-state index in [0.717, 1.165) is 63.4 Å². The Kier molecular flexibility index (Phi) is 6.59. The van der Waals surface area contributed by atoms with E-state index in [1.807, 2.05) is 6.92 Å². The fourth-order valence-corrected chi connectivity index (χ4v) is 10.0. The van der Waals surface area contributed by atoms with Crippen molar-refractivity contribution in [2.75, 3.05) is 13.7 Å². The van der Waals surface area contributed by atoms with Gasteiger partial charge in [-0.2, -0.15) is 0 Å². The van der Waals surface area contributed by atoms with Gasteiger partial charge in [0, 0.05) is 25.0 Å². The van der Waals surface area contributed by atoms with Gasteiger partial charge in [-0.3, -0.25) is 0 Å². The zero-order valence-corrected chi connectivity index (χ0v) is 23.0. The lowest BCUT2D eigenvalue weighted by Crippen LogP contribution is -2.62. The van der Waals surface area contributed by atoms with E-state index < -0.39 is 11.7 Å². The number of cyclic esters (lactones) is 1. The van der Waals surface area contributed by atoms with Crippen molar-refractivity contribution in [2.45, 2.75) is 121 Å². The Bertz CT molecular complexity index is 935. The standard InChI is InChI=1S/C30H46O7/c1-17-27(32)24(34-4)15-26(36-17)37-20-7-10-28(2)19(14-20)5-6-23-22(28)8-11-29(3)21(9-12-30(23,29)33)18-13-25(31)35-16-18/h13,17,19-24,26-27,32-33H,5-12,14-16H2,1-4H3/t17?,19-,20+,21-,22?,23?,24?,26-,27-,28+,29-,30+/m1/s1.